The smallest absolute Gasteiger partial charge is 0.471 e. The van der Waals surface area contributed by atoms with E-state index >= 15 is 0 Å². The normalized spacial score (nSPS) is 15.9. The lowest BCUT2D eigenvalue weighted by Gasteiger charge is -2.15. The van der Waals surface area contributed by atoms with Gasteiger partial charge in [0.25, 0.3) is 0 Å². The first-order chi connectivity index (χ1) is 8.65. The van der Waals surface area contributed by atoms with Gasteiger partial charge in [0.15, 0.2) is 4.98 Å². The Bertz CT molecular complexity index is 432. The van der Waals surface area contributed by atoms with Crippen LogP contribution in [0.25, 0.3) is 4.98 Å². The number of alkyl halides is 3. The first-order valence-electron chi connectivity index (χ1n) is 4.83. The minimum absolute atomic E-state index is 0.270. The highest BCUT2D eigenvalue weighted by molar-refractivity contribution is 5.83. The van der Waals surface area contributed by atoms with Gasteiger partial charge in [0.2, 0.25) is 11.2 Å². The maximum absolute atomic E-state index is 12.0. The summed E-state index contributed by atoms with van der Waals surface area (Å²) in [7, 11) is 0.865. The predicted molar refractivity (Wildman–Crippen MR) is 50.4 cm³/mol. The maximum atomic E-state index is 12.0. The third-order valence-electron chi connectivity index (χ3n) is 1.56. The summed E-state index contributed by atoms with van der Waals surface area (Å²) in [5, 5.41) is 18.6. The van der Waals surface area contributed by atoms with Crippen LogP contribution in [-0.2, 0) is 14.3 Å². The molecule has 0 aliphatic heterocycles. The fraction of sp³-hybridized carbons (Fsp3) is 0.500. The molecule has 0 aromatic rings. The number of rotatable bonds is 4. The zero-order chi connectivity index (χ0) is 15.2. The zero-order valence-electron chi connectivity index (χ0n) is 9.93. The van der Waals surface area contributed by atoms with Crippen molar-refractivity contribution in [3.63, 3.8) is 0 Å². The molecule has 0 aromatic carbocycles. The number of aliphatic hydroxyl groups is 1. The minimum Gasteiger partial charge on any atom is -0.504 e. The number of ether oxygens (including phenoxy) is 1. The van der Waals surface area contributed by atoms with Gasteiger partial charge in [0.05, 0.1) is 13.5 Å². The van der Waals surface area contributed by atoms with Gasteiger partial charge in [-0.3, -0.25) is 9.59 Å². The lowest BCUT2D eigenvalue weighted by atomic mass is 10.1. The van der Waals surface area contributed by atoms with E-state index in [-0.39, 0.29) is 6.20 Å². The molecule has 0 aliphatic rings. The molecule has 0 aliphatic carbocycles. The lowest BCUT2D eigenvalue weighted by molar-refractivity contribution is -0.174. The Labute approximate surface area is 100 Å². The van der Waals surface area contributed by atoms with Crippen molar-refractivity contribution in [2.24, 2.45) is 0 Å². The van der Waals surface area contributed by atoms with Crippen molar-refractivity contribution in [2.75, 3.05) is 7.11 Å². The third kappa shape index (κ3) is 5.15. The monoisotopic (exact) mass is 269 g/mol. The number of carbonyl (C=O) groups is 2. The first kappa shape index (κ1) is 13.8. The minimum atomic E-state index is -5.27. The molecule has 0 saturated heterocycles. The molecule has 10 heteroatoms. The Morgan fingerprint density at radius 1 is 1.67 bits per heavy atom. The van der Waals surface area contributed by atoms with Crippen LogP contribution in [0, 0.1) is 5.39 Å². The van der Waals surface area contributed by atoms with E-state index in [4.69, 9.17) is 6.76 Å². The molecule has 0 bridgehead atoms. The van der Waals surface area contributed by atoms with Crippen molar-refractivity contribution in [2.45, 2.75) is 18.6 Å². The second-order valence-electron chi connectivity index (χ2n) is 2.81. The van der Waals surface area contributed by atoms with E-state index in [1.54, 1.807) is 0 Å². The van der Waals surface area contributed by atoms with Gasteiger partial charge in [-0.05, 0) is 0 Å². The molecule has 2 N–H and O–H groups in total. The van der Waals surface area contributed by atoms with Gasteiger partial charge < -0.3 is 15.2 Å². The van der Waals surface area contributed by atoms with E-state index in [2.05, 4.69) is 9.71 Å². The van der Waals surface area contributed by atoms with Crippen LogP contribution in [0.3, 0.4) is 0 Å². The summed E-state index contributed by atoms with van der Waals surface area (Å²) in [5.41, 5.74) is 0. The second kappa shape index (κ2) is 6.43. The van der Waals surface area contributed by atoms with Crippen LogP contribution in [0.5, 0.6) is 0 Å². The Kier molecular flexibility index (Phi) is 4.91. The summed E-state index contributed by atoms with van der Waals surface area (Å²) in [6.45, 7) is 0. The number of amides is 1. The van der Waals surface area contributed by atoms with Gasteiger partial charge in [-0.1, -0.05) is 0 Å². The summed E-state index contributed by atoms with van der Waals surface area (Å²) in [4.78, 5) is 24.0. The highest BCUT2D eigenvalue weighted by atomic mass is 19.4. The summed E-state index contributed by atoms with van der Waals surface area (Å²) in [6.07, 6.45) is -7.08. The number of nitrogens with one attached hydrogen (secondary N) is 1. The molecular formula is C8H9F3N3O4+. The summed E-state index contributed by atoms with van der Waals surface area (Å²) < 4.78 is 47.5. The highest BCUT2D eigenvalue weighted by Gasteiger charge is 2.41. The van der Waals surface area contributed by atoms with E-state index < -0.39 is 36.3 Å². The average molecular weight is 269 g/mol. The van der Waals surface area contributed by atoms with Gasteiger partial charge in [-0.15, -0.1) is 0 Å². The van der Waals surface area contributed by atoms with E-state index in [9.17, 15) is 27.9 Å². The molecule has 0 rings (SSSR count). The van der Waals surface area contributed by atoms with Gasteiger partial charge in [-0.2, -0.15) is 13.2 Å². The van der Waals surface area contributed by atoms with Gasteiger partial charge in [0.1, 0.15) is 6.04 Å². The third-order valence-corrected chi connectivity index (χ3v) is 1.56. The second-order valence-corrected chi connectivity index (χ2v) is 2.81. The van der Waals surface area contributed by atoms with Crippen LogP contribution in [0.15, 0.2) is 12.0 Å². The van der Waals surface area contributed by atoms with Crippen LogP contribution in [0.2, 0.25) is 0 Å². The van der Waals surface area contributed by atoms with Gasteiger partial charge >= 0.3 is 24.3 Å². The average Bonchev–Trinajstić information content (AvgIpc) is 2.32. The van der Waals surface area contributed by atoms with Crippen molar-refractivity contribution < 1.29 is 34.0 Å². The fourth-order valence-corrected chi connectivity index (χ4v) is 0.768. The Morgan fingerprint density at radius 2 is 2.22 bits per heavy atom. The molecule has 0 spiro atoms. The highest BCUT2D eigenvalue weighted by Crippen LogP contribution is 2.16. The summed E-state index contributed by atoms with van der Waals surface area (Å²) in [6, 6.07) is -2.07. The molecule has 0 aromatic heterocycles. The quantitative estimate of drug-likeness (QED) is 0.447. The molecule has 18 heavy (non-hydrogen) atoms. The number of esters is 1. The molecule has 1 amide bonds. The van der Waals surface area contributed by atoms with Gasteiger partial charge in [-0.25, -0.2) is 0 Å². The molecule has 0 unspecified atom stereocenters. The van der Waals surface area contributed by atoms with E-state index in [0.29, 0.717) is 0 Å². The largest absolute Gasteiger partial charge is 0.504 e. The molecule has 0 saturated carbocycles. The van der Waals surface area contributed by atoms with Crippen LogP contribution in [0.4, 0.5) is 13.2 Å². The topological polar surface area (TPSA) is 104 Å². The molecular weight excluding hydrogens is 259 g/mol. The first-order valence-corrected chi connectivity index (χ1v) is 4.26. The number of diazo groups is 1. The van der Waals surface area contributed by atoms with Crippen molar-refractivity contribution in [1.29, 1.82) is 5.39 Å². The van der Waals surface area contributed by atoms with E-state index in [0.717, 1.165) is 7.11 Å². The molecule has 2 atom stereocenters. The Balaban J connectivity index is 5.21. The van der Waals surface area contributed by atoms with E-state index in [1.165, 1.54) is 5.32 Å². The van der Waals surface area contributed by atoms with Crippen LogP contribution < -0.4 is 5.32 Å². The van der Waals surface area contributed by atoms with Crippen LogP contribution in [-0.4, -0.2) is 36.3 Å². The number of nitrogens with zero attached hydrogens (tertiary/aromatic N) is 2. The number of carbonyl (C=O) groups excluding carboxylic acids is 2. The van der Waals surface area contributed by atoms with E-state index in [1.807, 2.05) is 0 Å². The standard InChI is InChI=1S/C8H8F3N3O4/c1-18-6(16)2-4(5(15)3-13-12)14-7(17)8(9,10)11/h3-4H,2H2,1H3,(H-,14,15,17)/p+1/b5-3-/t4-/m0/s1/i2D/t2-,4+/m1. The molecule has 7 nitrogen and oxygen atoms in total. The molecule has 0 heterocycles. The van der Waals surface area contributed by atoms with Crippen molar-refractivity contribution >= 4 is 11.9 Å². The Hall–Kier alpha value is -2.31. The van der Waals surface area contributed by atoms with Crippen molar-refractivity contribution in [1.82, 2.24) is 5.32 Å². The Morgan fingerprint density at radius 3 is 2.61 bits per heavy atom. The summed E-state index contributed by atoms with van der Waals surface area (Å²) in [5.74, 6) is -4.90. The maximum Gasteiger partial charge on any atom is 0.471 e. The molecule has 100 valence electrons. The molecule has 0 fully saturated rings. The lowest BCUT2D eigenvalue weighted by Crippen LogP contribution is -2.45. The predicted octanol–water partition coefficient (Wildman–Crippen LogP) is 0.849. The fourth-order valence-electron chi connectivity index (χ4n) is 0.768. The van der Waals surface area contributed by atoms with Crippen molar-refractivity contribution in [3.8, 4) is 0 Å². The van der Waals surface area contributed by atoms with Gasteiger partial charge in [0, 0.05) is 1.37 Å². The number of halogens is 3. The van der Waals surface area contributed by atoms with Crippen LogP contribution in [0.1, 0.15) is 7.77 Å². The number of aliphatic hydroxyl groups excluding tert-OH is 1. The zero-order valence-corrected chi connectivity index (χ0v) is 8.93. The molecule has 0 radical (unpaired) electrons. The summed E-state index contributed by atoms with van der Waals surface area (Å²) >= 11 is 0. The van der Waals surface area contributed by atoms with Crippen LogP contribution >= 0.6 is 0 Å². The SMILES string of the molecule is [2H][C@@H](C(=O)OC)[C@H](NC(=O)C(F)(F)F)/C(O)=C/[N+]#N. The number of methoxy groups -OCH3 is 1. The number of hydrogen-bond acceptors (Lipinski definition) is 5. The number of hydrogen-bond donors (Lipinski definition) is 2. The van der Waals surface area contributed by atoms with Crippen molar-refractivity contribution in [3.05, 3.63) is 16.9 Å².